The van der Waals surface area contributed by atoms with Gasteiger partial charge in [-0.25, -0.2) is 0 Å². The Labute approximate surface area is 119 Å². The van der Waals surface area contributed by atoms with E-state index in [0.29, 0.717) is 12.5 Å². The van der Waals surface area contributed by atoms with Gasteiger partial charge in [-0.05, 0) is 43.0 Å². The number of nitrogens with zero attached hydrogens (tertiary/aromatic N) is 1. The number of nitrogens with two attached hydrogens (primary N) is 1. The first-order valence-electron chi connectivity index (χ1n) is 7.22. The van der Waals surface area contributed by atoms with Gasteiger partial charge in [-0.2, -0.15) is 0 Å². The quantitative estimate of drug-likeness (QED) is 0.927. The SMILES string of the molecule is NC(COc1ccccc1)C1CCCc2cccnc21. The van der Waals surface area contributed by atoms with E-state index in [-0.39, 0.29) is 6.04 Å². The lowest BCUT2D eigenvalue weighted by Crippen LogP contribution is -2.36. The van der Waals surface area contributed by atoms with Crippen LogP contribution in [-0.4, -0.2) is 17.6 Å². The number of aryl methyl sites for hydroxylation is 1. The number of hydrogen-bond acceptors (Lipinski definition) is 3. The Hall–Kier alpha value is -1.87. The van der Waals surface area contributed by atoms with Crippen LogP contribution in [-0.2, 0) is 6.42 Å². The first-order valence-corrected chi connectivity index (χ1v) is 7.22. The Kier molecular flexibility index (Phi) is 3.97. The van der Waals surface area contributed by atoms with E-state index < -0.39 is 0 Å². The number of hydrogen-bond donors (Lipinski definition) is 1. The van der Waals surface area contributed by atoms with Gasteiger partial charge < -0.3 is 10.5 Å². The largest absolute Gasteiger partial charge is 0.492 e. The Bertz CT molecular complexity index is 556. The smallest absolute Gasteiger partial charge is 0.119 e. The van der Waals surface area contributed by atoms with Crippen LogP contribution in [0.2, 0.25) is 0 Å². The van der Waals surface area contributed by atoms with Gasteiger partial charge in [0, 0.05) is 23.9 Å². The van der Waals surface area contributed by atoms with Crippen molar-refractivity contribution in [2.45, 2.75) is 31.2 Å². The zero-order chi connectivity index (χ0) is 13.8. The highest BCUT2D eigenvalue weighted by molar-refractivity contribution is 5.27. The normalized spacial score (nSPS) is 19.1. The van der Waals surface area contributed by atoms with Crippen molar-refractivity contribution in [3.8, 4) is 5.75 Å². The lowest BCUT2D eigenvalue weighted by Gasteiger charge is -2.29. The number of aromatic nitrogens is 1. The van der Waals surface area contributed by atoms with Crippen molar-refractivity contribution in [3.63, 3.8) is 0 Å². The molecule has 3 heteroatoms. The third kappa shape index (κ3) is 2.83. The van der Waals surface area contributed by atoms with E-state index in [9.17, 15) is 0 Å². The summed E-state index contributed by atoms with van der Waals surface area (Å²) in [5.74, 6) is 1.18. The summed E-state index contributed by atoms with van der Waals surface area (Å²) in [5.41, 5.74) is 8.86. The van der Waals surface area contributed by atoms with Crippen molar-refractivity contribution >= 4 is 0 Å². The summed E-state index contributed by atoms with van der Waals surface area (Å²) < 4.78 is 5.78. The highest BCUT2D eigenvalue weighted by Gasteiger charge is 2.27. The number of benzene rings is 1. The molecule has 0 aliphatic heterocycles. The number of para-hydroxylation sites is 1. The van der Waals surface area contributed by atoms with Crippen molar-refractivity contribution < 1.29 is 4.74 Å². The summed E-state index contributed by atoms with van der Waals surface area (Å²) in [6.45, 7) is 0.532. The summed E-state index contributed by atoms with van der Waals surface area (Å²) in [4.78, 5) is 4.54. The van der Waals surface area contributed by atoms with Crippen LogP contribution in [0.4, 0.5) is 0 Å². The fraction of sp³-hybridized carbons (Fsp3) is 0.353. The van der Waals surface area contributed by atoms with E-state index in [4.69, 9.17) is 10.5 Å². The summed E-state index contributed by atoms with van der Waals surface area (Å²) >= 11 is 0. The Balaban J connectivity index is 1.67. The van der Waals surface area contributed by atoms with Crippen molar-refractivity contribution in [1.82, 2.24) is 4.98 Å². The van der Waals surface area contributed by atoms with Gasteiger partial charge in [0.25, 0.3) is 0 Å². The first kappa shape index (κ1) is 13.1. The molecule has 3 rings (SSSR count). The van der Waals surface area contributed by atoms with Crippen LogP contribution >= 0.6 is 0 Å². The molecule has 20 heavy (non-hydrogen) atoms. The van der Waals surface area contributed by atoms with Gasteiger partial charge in [0.2, 0.25) is 0 Å². The first-order chi connectivity index (χ1) is 9.84. The summed E-state index contributed by atoms with van der Waals surface area (Å²) in [5, 5.41) is 0. The van der Waals surface area contributed by atoms with Gasteiger partial charge in [0.1, 0.15) is 12.4 Å². The Morgan fingerprint density at radius 3 is 2.90 bits per heavy atom. The van der Waals surface area contributed by atoms with E-state index >= 15 is 0 Å². The highest BCUT2D eigenvalue weighted by atomic mass is 16.5. The van der Waals surface area contributed by atoms with Crippen LogP contribution in [0.3, 0.4) is 0 Å². The molecule has 0 amide bonds. The molecule has 1 aromatic carbocycles. The standard InChI is InChI=1S/C17H20N2O/c18-16(12-20-14-8-2-1-3-9-14)15-10-4-6-13-7-5-11-19-17(13)15/h1-3,5,7-9,11,15-16H,4,6,10,12,18H2. The Morgan fingerprint density at radius 1 is 1.20 bits per heavy atom. The van der Waals surface area contributed by atoms with E-state index in [2.05, 4.69) is 11.1 Å². The summed E-state index contributed by atoms with van der Waals surface area (Å²) in [6, 6.07) is 14.0. The second-order valence-electron chi connectivity index (χ2n) is 5.33. The summed E-state index contributed by atoms with van der Waals surface area (Å²) in [6.07, 6.45) is 5.26. The van der Waals surface area contributed by atoms with Crippen molar-refractivity contribution in [2.75, 3.05) is 6.61 Å². The van der Waals surface area contributed by atoms with Gasteiger partial charge in [0.05, 0.1) is 0 Å². The summed E-state index contributed by atoms with van der Waals surface area (Å²) in [7, 11) is 0. The monoisotopic (exact) mass is 268 g/mol. The molecule has 2 atom stereocenters. The third-order valence-corrected chi connectivity index (χ3v) is 3.94. The molecule has 0 fully saturated rings. The zero-order valence-corrected chi connectivity index (χ0v) is 11.5. The second kappa shape index (κ2) is 6.06. The molecule has 2 aromatic rings. The molecule has 3 nitrogen and oxygen atoms in total. The minimum absolute atomic E-state index is 0.0100. The molecule has 0 bridgehead atoms. The maximum absolute atomic E-state index is 6.35. The molecule has 1 aromatic heterocycles. The predicted octanol–water partition coefficient (Wildman–Crippen LogP) is 2.91. The topological polar surface area (TPSA) is 48.1 Å². The van der Waals surface area contributed by atoms with Gasteiger partial charge in [-0.1, -0.05) is 24.3 Å². The fourth-order valence-corrected chi connectivity index (χ4v) is 2.89. The van der Waals surface area contributed by atoms with E-state index in [1.807, 2.05) is 42.6 Å². The van der Waals surface area contributed by atoms with Crippen molar-refractivity contribution in [1.29, 1.82) is 0 Å². The van der Waals surface area contributed by atoms with Gasteiger partial charge in [-0.3, -0.25) is 4.98 Å². The molecule has 0 radical (unpaired) electrons. The molecule has 0 saturated carbocycles. The molecule has 1 aliphatic rings. The minimum atomic E-state index is -0.0100. The molecule has 0 saturated heterocycles. The average Bonchev–Trinajstić information content (AvgIpc) is 2.53. The highest BCUT2D eigenvalue weighted by Crippen LogP contribution is 2.31. The maximum atomic E-state index is 6.35. The van der Waals surface area contributed by atoms with Gasteiger partial charge >= 0.3 is 0 Å². The number of ether oxygens (including phenoxy) is 1. The van der Waals surface area contributed by atoms with E-state index in [1.165, 1.54) is 17.7 Å². The zero-order valence-electron chi connectivity index (χ0n) is 11.5. The van der Waals surface area contributed by atoms with Crippen LogP contribution < -0.4 is 10.5 Å². The molecular weight excluding hydrogens is 248 g/mol. The average molecular weight is 268 g/mol. The van der Waals surface area contributed by atoms with Crippen molar-refractivity contribution in [3.05, 3.63) is 59.9 Å². The predicted molar refractivity (Wildman–Crippen MR) is 79.8 cm³/mol. The number of rotatable bonds is 4. The van der Waals surface area contributed by atoms with Crippen LogP contribution in [0.1, 0.15) is 30.0 Å². The number of fused-ring (bicyclic) bond motifs is 1. The Morgan fingerprint density at radius 2 is 2.05 bits per heavy atom. The maximum Gasteiger partial charge on any atom is 0.119 e. The fourth-order valence-electron chi connectivity index (χ4n) is 2.89. The van der Waals surface area contributed by atoms with Crippen LogP contribution in [0.15, 0.2) is 48.7 Å². The third-order valence-electron chi connectivity index (χ3n) is 3.94. The van der Waals surface area contributed by atoms with Crippen LogP contribution in [0.5, 0.6) is 5.75 Å². The molecule has 104 valence electrons. The molecular formula is C17H20N2O. The molecule has 2 unspecified atom stereocenters. The van der Waals surface area contributed by atoms with Gasteiger partial charge in [-0.15, -0.1) is 0 Å². The second-order valence-corrected chi connectivity index (χ2v) is 5.33. The van der Waals surface area contributed by atoms with Crippen LogP contribution in [0.25, 0.3) is 0 Å². The van der Waals surface area contributed by atoms with Crippen LogP contribution in [0, 0.1) is 0 Å². The number of pyridine rings is 1. The van der Waals surface area contributed by atoms with Gasteiger partial charge in [0.15, 0.2) is 0 Å². The lowest BCUT2D eigenvalue weighted by atomic mass is 9.82. The molecule has 1 aliphatic carbocycles. The van der Waals surface area contributed by atoms with E-state index in [0.717, 1.165) is 18.6 Å². The molecule has 2 N–H and O–H groups in total. The molecule has 1 heterocycles. The van der Waals surface area contributed by atoms with Crippen molar-refractivity contribution in [2.24, 2.45) is 5.73 Å². The molecule has 0 spiro atoms. The lowest BCUT2D eigenvalue weighted by molar-refractivity contribution is 0.260. The minimum Gasteiger partial charge on any atom is -0.492 e. The van der Waals surface area contributed by atoms with E-state index in [1.54, 1.807) is 0 Å².